The number of benzene rings is 4. The molecular weight excluding hydrogens is 379 g/mol. The second-order valence-electron chi connectivity index (χ2n) is 7.07. The molecule has 0 unspecified atom stereocenters. The normalized spacial score (nSPS) is 10.6. The van der Waals surface area contributed by atoms with Crippen LogP contribution in [0.1, 0.15) is 30.0 Å². The Kier molecular flexibility index (Phi) is 5.65. The van der Waals surface area contributed by atoms with Crippen LogP contribution in [-0.4, -0.2) is 0 Å². The quantitative estimate of drug-likeness (QED) is 0.311. The zero-order valence-electron chi connectivity index (χ0n) is 16.2. The Morgan fingerprint density at radius 2 is 1.48 bits per heavy atom. The summed E-state index contributed by atoms with van der Waals surface area (Å²) in [5.74, 6) is 6.16. The number of aryl methyl sites for hydroxylation is 1. The maximum Gasteiger partial charge on any atom is 0.138 e. The number of fused-ring (bicyclic) bond motifs is 1. The van der Waals surface area contributed by atoms with Gasteiger partial charge in [-0.25, -0.2) is 4.39 Å². The molecule has 0 saturated heterocycles. The molecule has 4 aromatic carbocycles. The third-order valence-corrected chi connectivity index (χ3v) is 5.21. The van der Waals surface area contributed by atoms with Crippen LogP contribution < -0.4 is 0 Å². The maximum absolute atomic E-state index is 15.1. The maximum atomic E-state index is 15.1. The average molecular weight is 399 g/mol. The zero-order valence-corrected chi connectivity index (χ0v) is 16.9. The number of halogens is 2. The van der Waals surface area contributed by atoms with E-state index in [9.17, 15) is 0 Å². The average Bonchev–Trinajstić information content (AvgIpc) is 2.74. The molecule has 0 fully saturated rings. The van der Waals surface area contributed by atoms with Gasteiger partial charge in [0.2, 0.25) is 0 Å². The van der Waals surface area contributed by atoms with E-state index in [-0.39, 0.29) is 5.82 Å². The summed E-state index contributed by atoms with van der Waals surface area (Å²) in [5, 5.41) is 2.07. The van der Waals surface area contributed by atoms with Gasteiger partial charge in [-0.15, -0.1) is 0 Å². The van der Waals surface area contributed by atoms with Crippen molar-refractivity contribution in [2.75, 3.05) is 0 Å². The van der Waals surface area contributed by atoms with Gasteiger partial charge in [0.25, 0.3) is 0 Å². The Labute approximate surface area is 176 Å². The minimum absolute atomic E-state index is 0.226. The largest absolute Gasteiger partial charge is 0.206 e. The molecule has 0 nitrogen and oxygen atoms in total. The molecule has 0 aliphatic rings. The molecule has 4 rings (SSSR count). The first-order valence-corrected chi connectivity index (χ1v) is 10.1. The summed E-state index contributed by atoms with van der Waals surface area (Å²) >= 11 is 5.94. The van der Waals surface area contributed by atoms with Crippen LogP contribution in [0, 0.1) is 17.7 Å². The van der Waals surface area contributed by atoms with E-state index >= 15 is 4.39 Å². The molecule has 0 atom stereocenters. The van der Waals surface area contributed by atoms with Crippen molar-refractivity contribution in [1.82, 2.24) is 0 Å². The lowest BCUT2D eigenvalue weighted by atomic mass is 9.99. The van der Waals surface area contributed by atoms with Crippen LogP contribution in [0.4, 0.5) is 4.39 Å². The van der Waals surface area contributed by atoms with E-state index in [2.05, 4.69) is 43.0 Å². The van der Waals surface area contributed by atoms with Crippen molar-refractivity contribution < 1.29 is 4.39 Å². The molecule has 2 heteroatoms. The van der Waals surface area contributed by atoms with Gasteiger partial charge in [-0.1, -0.05) is 79.3 Å². The molecule has 29 heavy (non-hydrogen) atoms. The van der Waals surface area contributed by atoms with Crippen LogP contribution in [0.15, 0.2) is 78.9 Å². The van der Waals surface area contributed by atoms with Gasteiger partial charge in [0, 0.05) is 27.1 Å². The number of hydrogen-bond acceptors (Lipinski definition) is 0. The van der Waals surface area contributed by atoms with Crippen LogP contribution >= 0.6 is 11.6 Å². The summed E-state index contributed by atoms with van der Waals surface area (Å²) < 4.78 is 15.1. The molecule has 0 spiro atoms. The van der Waals surface area contributed by atoms with Crippen molar-refractivity contribution in [3.8, 4) is 23.0 Å². The fourth-order valence-electron chi connectivity index (χ4n) is 3.41. The van der Waals surface area contributed by atoms with Crippen LogP contribution in [-0.2, 0) is 6.42 Å². The first kappa shape index (κ1) is 19.2. The summed E-state index contributed by atoms with van der Waals surface area (Å²) in [4.78, 5) is 0. The van der Waals surface area contributed by atoms with Gasteiger partial charge in [0.1, 0.15) is 5.82 Å². The van der Waals surface area contributed by atoms with Gasteiger partial charge in [-0.2, -0.15) is 0 Å². The second-order valence-corrected chi connectivity index (χ2v) is 7.50. The summed E-state index contributed by atoms with van der Waals surface area (Å²) in [6.07, 6.45) is 2.22. The van der Waals surface area contributed by atoms with Crippen LogP contribution in [0.3, 0.4) is 0 Å². The predicted octanol–water partition coefficient (Wildman–Crippen LogP) is 7.65. The van der Waals surface area contributed by atoms with E-state index in [0.717, 1.165) is 34.9 Å². The van der Waals surface area contributed by atoms with Gasteiger partial charge in [0.15, 0.2) is 0 Å². The van der Waals surface area contributed by atoms with E-state index in [1.54, 1.807) is 18.2 Å². The second kappa shape index (κ2) is 8.52. The Hall–Kier alpha value is -3.08. The fourth-order valence-corrected chi connectivity index (χ4v) is 3.54. The summed E-state index contributed by atoms with van der Waals surface area (Å²) in [6, 6.07) is 24.9. The van der Waals surface area contributed by atoms with Gasteiger partial charge < -0.3 is 0 Å². The molecule has 0 radical (unpaired) electrons. The summed E-state index contributed by atoms with van der Waals surface area (Å²) in [5.41, 5.74) is 4.56. The highest BCUT2D eigenvalue weighted by Gasteiger charge is 2.09. The first-order chi connectivity index (χ1) is 14.1. The van der Waals surface area contributed by atoms with Crippen molar-refractivity contribution in [2.24, 2.45) is 0 Å². The minimum atomic E-state index is -0.226. The fraction of sp³-hybridized carbons (Fsp3) is 0.111. The lowest BCUT2D eigenvalue weighted by Gasteiger charge is -2.07. The van der Waals surface area contributed by atoms with Crippen LogP contribution in [0.2, 0.25) is 5.02 Å². The molecule has 0 bridgehead atoms. The van der Waals surface area contributed by atoms with E-state index in [4.69, 9.17) is 11.6 Å². The third kappa shape index (κ3) is 4.34. The predicted molar refractivity (Wildman–Crippen MR) is 121 cm³/mol. The van der Waals surface area contributed by atoms with Crippen molar-refractivity contribution >= 4 is 22.4 Å². The Morgan fingerprint density at radius 3 is 2.21 bits per heavy atom. The van der Waals surface area contributed by atoms with Crippen molar-refractivity contribution in [2.45, 2.75) is 19.8 Å². The molecule has 4 aromatic rings. The molecular formula is C27H20ClF. The summed E-state index contributed by atoms with van der Waals surface area (Å²) in [6.45, 7) is 2.18. The Bertz CT molecular complexity index is 1210. The molecule has 0 saturated carbocycles. The smallest absolute Gasteiger partial charge is 0.138 e. The zero-order chi connectivity index (χ0) is 20.2. The monoisotopic (exact) mass is 398 g/mol. The number of rotatable bonds is 3. The van der Waals surface area contributed by atoms with Crippen LogP contribution in [0.25, 0.3) is 21.9 Å². The van der Waals surface area contributed by atoms with E-state index < -0.39 is 0 Å². The Balaban J connectivity index is 1.64. The van der Waals surface area contributed by atoms with Crippen molar-refractivity contribution in [3.63, 3.8) is 0 Å². The molecule has 0 aromatic heterocycles. The lowest BCUT2D eigenvalue weighted by Crippen LogP contribution is -1.88. The highest BCUT2D eigenvalue weighted by molar-refractivity contribution is 6.30. The van der Waals surface area contributed by atoms with E-state index in [1.807, 2.05) is 36.4 Å². The topological polar surface area (TPSA) is 0 Å². The Morgan fingerprint density at radius 1 is 0.793 bits per heavy atom. The minimum Gasteiger partial charge on any atom is -0.206 e. The molecule has 0 aliphatic heterocycles. The summed E-state index contributed by atoms with van der Waals surface area (Å²) in [7, 11) is 0. The highest BCUT2D eigenvalue weighted by Crippen LogP contribution is 2.30. The number of hydrogen-bond donors (Lipinski definition) is 0. The lowest BCUT2D eigenvalue weighted by molar-refractivity contribution is 0.643. The van der Waals surface area contributed by atoms with E-state index in [0.29, 0.717) is 16.0 Å². The van der Waals surface area contributed by atoms with Crippen LogP contribution in [0.5, 0.6) is 0 Å². The van der Waals surface area contributed by atoms with Gasteiger partial charge in [0.05, 0.1) is 0 Å². The molecule has 142 valence electrons. The van der Waals surface area contributed by atoms with Gasteiger partial charge in [-0.05, 0) is 59.3 Å². The van der Waals surface area contributed by atoms with Crippen molar-refractivity contribution in [3.05, 3.63) is 106 Å². The van der Waals surface area contributed by atoms with E-state index in [1.165, 1.54) is 5.56 Å². The third-order valence-electron chi connectivity index (χ3n) is 4.95. The molecule has 0 heterocycles. The molecule has 0 N–H and O–H groups in total. The SMILES string of the molecule is CCCc1ccc(C#Cc2ccc3c(F)c(-c4ccc(Cl)cc4)ccc3c2)cc1. The first-order valence-electron chi connectivity index (χ1n) is 9.73. The highest BCUT2D eigenvalue weighted by atomic mass is 35.5. The standard InChI is InChI=1S/C27H20ClF/c1-2-3-19-4-6-20(7-5-19)8-9-21-10-16-26-23(18-21)13-17-25(27(26)29)22-11-14-24(28)15-12-22/h4-7,10-18H,2-3H2,1H3. The molecule has 0 amide bonds. The molecule has 0 aliphatic carbocycles. The van der Waals surface area contributed by atoms with Crippen molar-refractivity contribution in [1.29, 1.82) is 0 Å². The van der Waals surface area contributed by atoms with Gasteiger partial charge in [-0.3, -0.25) is 0 Å². The van der Waals surface area contributed by atoms with Gasteiger partial charge >= 0.3 is 0 Å².